The molecule has 0 spiro atoms. The summed E-state index contributed by atoms with van der Waals surface area (Å²) < 4.78 is 22.2. The van der Waals surface area contributed by atoms with E-state index >= 15 is 0 Å². The van der Waals surface area contributed by atoms with E-state index in [0.717, 1.165) is 0 Å². The lowest BCUT2D eigenvalue weighted by molar-refractivity contribution is 0.229. The maximum atomic E-state index is 11.1. The molecule has 0 saturated carbocycles. The highest BCUT2D eigenvalue weighted by atomic mass is 32.2. The van der Waals surface area contributed by atoms with Crippen molar-refractivity contribution in [1.29, 1.82) is 5.26 Å². The number of hydrogen-bond donors (Lipinski definition) is 0. The first-order chi connectivity index (χ1) is 6.05. The van der Waals surface area contributed by atoms with Gasteiger partial charge in [-0.15, -0.1) is 0 Å². The molecular formula is C8H14N2O2S. The largest absolute Gasteiger partial charge is 0.298 e. The molecule has 1 aliphatic heterocycles. The fourth-order valence-electron chi connectivity index (χ4n) is 1.43. The minimum Gasteiger partial charge on any atom is -0.298 e. The molecule has 1 heterocycles. The number of rotatable bonds is 2. The highest BCUT2D eigenvalue weighted by Crippen LogP contribution is 2.09. The quantitative estimate of drug-likeness (QED) is 0.633. The van der Waals surface area contributed by atoms with Crippen molar-refractivity contribution in [2.45, 2.75) is 19.4 Å². The van der Waals surface area contributed by atoms with E-state index in [1.54, 1.807) is 0 Å². The summed E-state index contributed by atoms with van der Waals surface area (Å²) in [6.07, 6.45) is 0.472. The Kier molecular flexibility index (Phi) is 3.28. The van der Waals surface area contributed by atoms with Crippen LogP contribution in [-0.4, -0.2) is 44.0 Å². The monoisotopic (exact) mass is 202 g/mol. The highest BCUT2D eigenvalue weighted by molar-refractivity contribution is 7.91. The van der Waals surface area contributed by atoms with Gasteiger partial charge >= 0.3 is 0 Å². The lowest BCUT2D eigenvalue weighted by Crippen LogP contribution is -2.44. The number of nitriles is 1. The molecule has 74 valence electrons. The lowest BCUT2D eigenvalue weighted by Gasteiger charge is -2.30. The Bertz CT molecular complexity index is 291. The normalized spacial score (nSPS) is 24.9. The molecule has 0 aliphatic carbocycles. The van der Waals surface area contributed by atoms with Gasteiger partial charge in [-0.2, -0.15) is 5.26 Å². The second kappa shape index (κ2) is 4.07. The van der Waals surface area contributed by atoms with E-state index in [2.05, 4.69) is 11.0 Å². The third-order valence-corrected chi connectivity index (χ3v) is 4.00. The molecule has 1 aliphatic rings. The zero-order valence-corrected chi connectivity index (χ0v) is 8.55. The minimum atomic E-state index is -2.79. The molecule has 1 unspecified atom stereocenters. The molecule has 13 heavy (non-hydrogen) atoms. The third kappa shape index (κ3) is 2.98. The van der Waals surface area contributed by atoms with Gasteiger partial charge in [-0.1, -0.05) is 0 Å². The summed E-state index contributed by atoms with van der Waals surface area (Å²) in [5.74, 6) is 0.478. The number of nitrogens with zero attached hydrogens (tertiary/aromatic N) is 2. The highest BCUT2D eigenvalue weighted by Gasteiger charge is 2.24. The van der Waals surface area contributed by atoms with E-state index in [4.69, 9.17) is 5.26 Å². The topological polar surface area (TPSA) is 61.2 Å². The molecule has 0 bridgehead atoms. The summed E-state index contributed by atoms with van der Waals surface area (Å²) in [7, 11) is -2.79. The van der Waals surface area contributed by atoms with Crippen molar-refractivity contribution in [3.63, 3.8) is 0 Å². The Balaban J connectivity index is 2.46. The van der Waals surface area contributed by atoms with Gasteiger partial charge in [0.05, 0.1) is 24.0 Å². The van der Waals surface area contributed by atoms with Crippen molar-refractivity contribution in [2.24, 2.45) is 0 Å². The average molecular weight is 202 g/mol. The Labute approximate surface area is 79.1 Å². The average Bonchev–Trinajstić information content (AvgIpc) is 2.04. The van der Waals surface area contributed by atoms with Crippen molar-refractivity contribution < 1.29 is 8.42 Å². The SMILES string of the molecule is CC(CC#N)N1CCS(=O)(=O)CC1. The van der Waals surface area contributed by atoms with Crippen LogP contribution in [0, 0.1) is 11.3 Å². The van der Waals surface area contributed by atoms with Crippen LogP contribution in [0.15, 0.2) is 0 Å². The van der Waals surface area contributed by atoms with E-state index in [0.29, 0.717) is 19.5 Å². The summed E-state index contributed by atoms with van der Waals surface area (Å²) in [5.41, 5.74) is 0. The van der Waals surface area contributed by atoms with Crippen LogP contribution in [0.25, 0.3) is 0 Å². The maximum Gasteiger partial charge on any atom is 0.152 e. The molecule has 1 atom stereocenters. The van der Waals surface area contributed by atoms with Crippen molar-refractivity contribution in [1.82, 2.24) is 4.90 Å². The molecule has 0 N–H and O–H groups in total. The first-order valence-corrected chi connectivity index (χ1v) is 6.19. The molecule has 0 radical (unpaired) electrons. The van der Waals surface area contributed by atoms with Crippen molar-refractivity contribution >= 4 is 9.84 Å². The van der Waals surface area contributed by atoms with Gasteiger partial charge in [0.1, 0.15) is 0 Å². The van der Waals surface area contributed by atoms with Crippen molar-refractivity contribution in [3.05, 3.63) is 0 Å². The van der Waals surface area contributed by atoms with Gasteiger partial charge in [-0.25, -0.2) is 8.42 Å². The molecule has 0 aromatic carbocycles. The molecule has 5 heteroatoms. The van der Waals surface area contributed by atoms with Gasteiger partial charge in [-0.05, 0) is 6.92 Å². The van der Waals surface area contributed by atoms with Gasteiger partial charge < -0.3 is 0 Å². The molecule has 1 fully saturated rings. The molecule has 0 amide bonds. The van der Waals surface area contributed by atoms with Crippen LogP contribution in [0.3, 0.4) is 0 Å². The summed E-state index contributed by atoms with van der Waals surface area (Å²) in [5, 5.41) is 8.48. The number of hydrogen-bond acceptors (Lipinski definition) is 4. The van der Waals surface area contributed by atoms with E-state index in [1.807, 2.05) is 6.92 Å². The molecular weight excluding hydrogens is 188 g/mol. The predicted octanol–water partition coefficient (Wildman–Crippen LogP) is 0.0190. The fourth-order valence-corrected chi connectivity index (χ4v) is 2.66. The third-order valence-electron chi connectivity index (χ3n) is 2.39. The standard InChI is InChI=1S/C8H14N2O2S/c1-8(2-3-9)10-4-6-13(11,12)7-5-10/h8H,2,4-7H2,1H3. The van der Waals surface area contributed by atoms with Crippen LogP contribution in [0.1, 0.15) is 13.3 Å². The van der Waals surface area contributed by atoms with Crippen LogP contribution in [0.4, 0.5) is 0 Å². The molecule has 0 aromatic heterocycles. The number of sulfone groups is 1. The summed E-state index contributed by atoms with van der Waals surface area (Å²) in [6.45, 7) is 3.11. The Hall–Kier alpha value is -0.600. The van der Waals surface area contributed by atoms with E-state index < -0.39 is 9.84 Å². The molecule has 1 rings (SSSR count). The fraction of sp³-hybridized carbons (Fsp3) is 0.875. The van der Waals surface area contributed by atoms with Gasteiger partial charge in [0.25, 0.3) is 0 Å². The summed E-state index contributed by atoms with van der Waals surface area (Å²) in [6, 6.07) is 2.28. The summed E-state index contributed by atoms with van der Waals surface area (Å²) >= 11 is 0. The Morgan fingerprint density at radius 1 is 1.46 bits per heavy atom. The van der Waals surface area contributed by atoms with E-state index in [1.165, 1.54) is 0 Å². The van der Waals surface area contributed by atoms with Crippen LogP contribution in [-0.2, 0) is 9.84 Å². The second-order valence-electron chi connectivity index (χ2n) is 3.40. The molecule has 1 saturated heterocycles. The second-order valence-corrected chi connectivity index (χ2v) is 5.70. The Morgan fingerprint density at radius 3 is 2.46 bits per heavy atom. The van der Waals surface area contributed by atoms with Crippen molar-refractivity contribution in [3.8, 4) is 6.07 Å². The van der Waals surface area contributed by atoms with E-state index in [9.17, 15) is 8.42 Å². The van der Waals surface area contributed by atoms with Crippen LogP contribution in [0.2, 0.25) is 0 Å². The van der Waals surface area contributed by atoms with E-state index in [-0.39, 0.29) is 17.5 Å². The summed E-state index contributed by atoms with van der Waals surface area (Å²) in [4.78, 5) is 2.06. The van der Waals surface area contributed by atoms with Crippen molar-refractivity contribution in [2.75, 3.05) is 24.6 Å². The zero-order chi connectivity index (χ0) is 9.90. The zero-order valence-electron chi connectivity index (χ0n) is 7.73. The van der Waals surface area contributed by atoms with Gasteiger partial charge in [-0.3, -0.25) is 4.90 Å². The van der Waals surface area contributed by atoms with Crippen LogP contribution < -0.4 is 0 Å². The molecule has 4 nitrogen and oxygen atoms in total. The molecule has 0 aromatic rings. The van der Waals surface area contributed by atoms with Gasteiger partial charge in [0.2, 0.25) is 0 Å². The lowest BCUT2D eigenvalue weighted by atomic mass is 10.2. The first kappa shape index (κ1) is 10.5. The first-order valence-electron chi connectivity index (χ1n) is 4.36. The smallest absolute Gasteiger partial charge is 0.152 e. The van der Waals surface area contributed by atoms with Gasteiger partial charge in [0.15, 0.2) is 9.84 Å². The van der Waals surface area contributed by atoms with Gasteiger partial charge in [0, 0.05) is 19.1 Å². The van der Waals surface area contributed by atoms with Crippen LogP contribution in [0.5, 0.6) is 0 Å². The maximum absolute atomic E-state index is 11.1. The Morgan fingerprint density at radius 2 is 2.00 bits per heavy atom. The van der Waals surface area contributed by atoms with Crippen LogP contribution >= 0.6 is 0 Å². The predicted molar refractivity (Wildman–Crippen MR) is 49.9 cm³/mol. The minimum absolute atomic E-state index is 0.181.